The lowest BCUT2D eigenvalue weighted by Crippen LogP contribution is -2.32. The van der Waals surface area contributed by atoms with Crippen molar-refractivity contribution < 1.29 is 22.3 Å². The second-order valence-electron chi connectivity index (χ2n) is 9.07. The van der Waals surface area contributed by atoms with Gasteiger partial charge in [-0.05, 0) is 43.0 Å². The minimum atomic E-state index is -4.30. The summed E-state index contributed by atoms with van der Waals surface area (Å²) in [6.07, 6.45) is -2.10. The van der Waals surface area contributed by atoms with Gasteiger partial charge in [-0.2, -0.15) is 18.2 Å². The molecule has 0 aliphatic carbocycles. The third-order valence-corrected chi connectivity index (χ3v) is 6.39. The van der Waals surface area contributed by atoms with Gasteiger partial charge in [0.05, 0.1) is 23.2 Å². The normalized spacial score (nSPS) is 14.8. The van der Waals surface area contributed by atoms with Crippen LogP contribution < -0.4 is 9.64 Å². The summed E-state index contributed by atoms with van der Waals surface area (Å²) in [4.78, 5) is 6.59. The van der Waals surface area contributed by atoms with Gasteiger partial charge in [-0.3, -0.25) is 4.40 Å². The van der Waals surface area contributed by atoms with Gasteiger partial charge < -0.3 is 9.64 Å². The Morgan fingerprint density at radius 1 is 1.09 bits per heavy atom. The van der Waals surface area contributed by atoms with E-state index in [4.69, 9.17) is 4.74 Å². The zero-order valence-corrected chi connectivity index (χ0v) is 18.7. The van der Waals surface area contributed by atoms with Crippen molar-refractivity contribution in [1.82, 2.24) is 19.6 Å². The standard InChI is InChI=1S/C24H23F4N5O/c1-23(2,24(26,27)28)11-10-15-6-3-9-18-20(15)34-13-5-12-32(18)21-16-7-4-8-17(25)19(16)33-14-29-31-22(33)30-21/h3-4,6-9,14H,5,10-13H2,1-2H3. The molecular weight excluding hydrogens is 450 g/mol. The maximum Gasteiger partial charge on any atom is 0.393 e. The molecule has 2 aromatic carbocycles. The molecule has 1 aliphatic heterocycles. The van der Waals surface area contributed by atoms with Gasteiger partial charge >= 0.3 is 6.18 Å². The Kier molecular flexibility index (Phi) is 5.33. The van der Waals surface area contributed by atoms with E-state index < -0.39 is 17.4 Å². The van der Waals surface area contributed by atoms with Crippen molar-refractivity contribution in [2.24, 2.45) is 5.41 Å². The second kappa shape index (κ2) is 8.11. The number of hydrogen-bond acceptors (Lipinski definition) is 5. The largest absolute Gasteiger partial charge is 0.491 e. The molecule has 4 aromatic rings. The van der Waals surface area contributed by atoms with Gasteiger partial charge in [-0.1, -0.05) is 32.0 Å². The number of alkyl halides is 3. The van der Waals surface area contributed by atoms with Crippen LogP contribution in [0.1, 0.15) is 32.3 Å². The first kappa shape index (κ1) is 22.4. The summed E-state index contributed by atoms with van der Waals surface area (Å²) in [6, 6.07) is 10.2. The molecule has 1 aliphatic rings. The van der Waals surface area contributed by atoms with Gasteiger partial charge in [-0.15, -0.1) is 10.2 Å². The van der Waals surface area contributed by atoms with Crippen LogP contribution in [0.2, 0.25) is 0 Å². The molecule has 10 heteroatoms. The van der Waals surface area contributed by atoms with Crippen LogP contribution in [0.4, 0.5) is 29.1 Å². The Bertz CT molecular complexity index is 1360. The number of ether oxygens (including phenoxy) is 1. The molecule has 0 radical (unpaired) electrons. The molecule has 0 bridgehead atoms. The van der Waals surface area contributed by atoms with Crippen LogP contribution in [-0.4, -0.2) is 38.9 Å². The number of hydrogen-bond donors (Lipinski definition) is 0. The Labute approximate surface area is 193 Å². The molecule has 178 valence electrons. The van der Waals surface area contributed by atoms with E-state index in [0.29, 0.717) is 53.3 Å². The van der Waals surface area contributed by atoms with Gasteiger partial charge in [0.1, 0.15) is 23.7 Å². The monoisotopic (exact) mass is 473 g/mol. The van der Waals surface area contributed by atoms with E-state index in [-0.39, 0.29) is 18.6 Å². The third-order valence-electron chi connectivity index (χ3n) is 6.39. The van der Waals surface area contributed by atoms with E-state index in [1.165, 1.54) is 30.6 Å². The molecule has 0 fully saturated rings. The van der Waals surface area contributed by atoms with E-state index in [1.807, 2.05) is 11.0 Å². The van der Waals surface area contributed by atoms with E-state index >= 15 is 0 Å². The first-order valence-electron chi connectivity index (χ1n) is 11.0. The minimum absolute atomic E-state index is 0.0750. The molecule has 0 saturated carbocycles. The van der Waals surface area contributed by atoms with Gasteiger partial charge in [0.25, 0.3) is 5.78 Å². The first-order chi connectivity index (χ1) is 16.2. The van der Waals surface area contributed by atoms with Crippen molar-refractivity contribution in [2.45, 2.75) is 39.3 Å². The molecule has 3 heterocycles. The van der Waals surface area contributed by atoms with E-state index in [0.717, 1.165) is 0 Å². The molecule has 34 heavy (non-hydrogen) atoms. The smallest absolute Gasteiger partial charge is 0.393 e. The van der Waals surface area contributed by atoms with Gasteiger partial charge in [-0.25, -0.2) is 4.39 Å². The Morgan fingerprint density at radius 2 is 1.88 bits per heavy atom. The van der Waals surface area contributed by atoms with Crippen LogP contribution in [0.15, 0.2) is 42.7 Å². The Balaban J connectivity index is 1.62. The summed E-state index contributed by atoms with van der Waals surface area (Å²) < 4.78 is 62.6. The average molecular weight is 473 g/mol. The third kappa shape index (κ3) is 3.70. The Morgan fingerprint density at radius 3 is 2.68 bits per heavy atom. The predicted molar refractivity (Wildman–Crippen MR) is 120 cm³/mol. The summed E-state index contributed by atoms with van der Waals surface area (Å²) >= 11 is 0. The number of aromatic nitrogens is 4. The molecule has 0 unspecified atom stereocenters. The first-order valence-corrected chi connectivity index (χ1v) is 11.0. The number of fused-ring (bicyclic) bond motifs is 4. The quantitative estimate of drug-likeness (QED) is 0.348. The molecule has 0 saturated heterocycles. The van der Waals surface area contributed by atoms with Gasteiger partial charge in [0, 0.05) is 11.9 Å². The molecular formula is C24H23F4N5O. The summed E-state index contributed by atoms with van der Waals surface area (Å²) in [5, 5.41) is 8.46. The van der Waals surface area contributed by atoms with E-state index in [9.17, 15) is 17.6 Å². The highest BCUT2D eigenvalue weighted by Crippen LogP contribution is 2.44. The van der Waals surface area contributed by atoms with E-state index in [1.54, 1.807) is 24.3 Å². The fourth-order valence-electron chi connectivity index (χ4n) is 4.24. The predicted octanol–water partition coefficient (Wildman–Crippen LogP) is 5.86. The van der Waals surface area contributed by atoms with E-state index in [2.05, 4.69) is 15.2 Å². The second-order valence-corrected chi connectivity index (χ2v) is 9.07. The summed E-state index contributed by atoms with van der Waals surface area (Å²) in [6.45, 7) is 3.36. The highest BCUT2D eigenvalue weighted by atomic mass is 19.4. The maximum atomic E-state index is 14.9. The van der Waals surface area contributed by atoms with Crippen molar-refractivity contribution in [3.8, 4) is 5.75 Å². The fourth-order valence-corrected chi connectivity index (χ4v) is 4.24. The summed E-state index contributed by atoms with van der Waals surface area (Å²) in [5.41, 5.74) is -0.140. The summed E-state index contributed by atoms with van der Waals surface area (Å²) in [7, 11) is 0. The lowest BCUT2D eigenvalue weighted by molar-refractivity contribution is -0.213. The number of benzene rings is 2. The number of para-hydroxylation sites is 2. The maximum absolute atomic E-state index is 14.9. The molecule has 5 rings (SSSR count). The lowest BCUT2D eigenvalue weighted by atomic mass is 9.85. The number of rotatable bonds is 4. The number of aryl methyl sites for hydroxylation is 1. The van der Waals surface area contributed by atoms with Crippen molar-refractivity contribution in [2.75, 3.05) is 18.1 Å². The zero-order chi connectivity index (χ0) is 24.1. The minimum Gasteiger partial charge on any atom is -0.491 e. The molecule has 0 N–H and O–H groups in total. The topological polar surface area (TPSA) is 55.5 Å². The van der Waals surface area contributed by atoms with Crippen LogP contribution in [-0.2, 0) is 6.42 Å². The number of anilines is 2. The molecule has 2 aromatic heterocycles. The fraction of sp³-hybridized carbons (Fsp3) is 0.375. The molecule has 0 amide bonds. The Hall–Kier alpha value is -3.43. The van der Waals surface area contributed by atoms with Crippen molar-refractivity contribution >= 4 is 28.2 Å². The van der Waals surface area contributed by atoms with Crippen LogP contribution in [0.5, 0.6) is 5.75 Å². The molecule has 0 atom stereocenters. The number of nitrogens with zero attached hydrogens (tertiary/aromatic N) is 5. The van der Waals surface area contributed by atoms with Crippen LogP contribution in [0, 0.1) is 11.2 Å². The van der Waals surface area contributed by atoms with Crippen LogP contribution in [0.25, 0.3) is 16.7 Å². The van der Waals surface area contributed by atoms with Crippen molar-refractivity contribution in [3.63, 3.8) is 0 Å². The van der Waals surface area contributed by atoms with Gasteiger partial charge in [0.15, 0.2) is 0 Å². The lowest BCUT2D eigenvalue weighted by Gasteiger charge is -2.28. The number of halogens is 4. The molecule has 0 spiro atoms. The average Bonchev–Trinajstić information content (AvgIpc) is 3.15. The van der Waals surface area contributed by atoms with Crippen LogP contribution in [0.3, 0.4) is 0 Å². The SMILES string of the molecule is CC(C)(CCc1cccc2c1OCCCN2c1nc2nncn2c2c(F)cccc12)C(F)(F)F. The van der Waals surface area contributed by atoms with Crippen LogP contribution >= 0.6 is 0 Å². The summed E-state index contributed by atoms with van der Waals surface area (Å²) in [5.74, 6) is 0.850. The van der Waals surface area contributed by atoms with Crippen molar-refractivity contribution in [1.29, 1.82) is 0 Å². The molecule has 6 nitrogen and oxygen atoms in total. The highest BCUT2D eigenvalue weighted by Gasteiger charge is 2.46. The highest BCUT2D eigenvalue weighted by molar-refractivity contribution is 5.94. The zero-order valence-electron chi connectivity index (χ0n) is 18.7. The van der Waals surface area contributed by atoms with Gasteiger partial charge in [0.2, 0.25) is 0 Å². The van der Waals surface area contributed by atoms with Crippen molar-refractivity contribution in [3.05, 3.63) is 54.1 Å².